The van der Waals surface area contributed by atoms with Gasteiger partial charge >= 0.3 is 5.97 Å². The first-order chi connectivity index (χ1) is 11.7. The highest BCUT2D eigenvalue weighted by atomic mass is 16.7. The van der Waals surface area contributed by atoms with Gasteiger partial charge < -0.3 is 14.2 Å². The number of nitriles is 1. The summed E-state index contributed by atoms with van der Waals surface area (Å²) < 4.78 is 16.8. The minimum Gasteiger partial charge on any atom is -0.494 e. The summed E-state index contributed by atoms with van der Waals surface area (Å²) in [5, 5.41) is 8.49. The maximum Gasteiger partial charge on any atom is 0.308 e. The van der Waals surface area contributed by atoms with Crippen molar-refractivity contribution in [2.45, 2.75) is 64.6 Å². The Labute approximate surface area is 143 Å². The molecule has 1 heterocycles. The molecule has 0 saturated carbocycles. The molecule has 0 N–H and O–H groups in total. The number of unbranched alkanes of at least 4 members (excludes halogenated alkanes) is 3. The van der Waals surface area contributed by atoms with Crippen LogP contribution in [0.4, 0.5) is 0 Å². The lowest BCUT2D eigenvalue weighted by Gasteiger charge is -2.26. The summed E-state index contributed by atoms with van der Waals surface area (Å²) in [6, 6.07) is 7.90. The van der Waals surface area contributed by atoms with E-state index in [4.69, 9.17) is 19.5 Å². The lowest BCUT2D eigenvalue weighted by Crippen LogP contribution is -2.28. The Morgan fingerprint density at radius 3 is 3.04 bits per heavy atom. The third-order valence-corrected chi connectivity index (χ3v) is 3.86. The number of nitrogens with zero attached hydrogens (tertiary/aromatic N) is 1. The molecule has 1 aliphatic rings. The van der Waals surface area contributed by atoms with Crippen LogP contribution in [-0.2, 0) is 16.0 Å². The normalized spacial score (nSPS) is 15.8. The van der Waals surface area contributed by atoms with Crippen molar-refractivity contribution in [3.8, 4) is 17.6 Å². The molecule has 0 bridgehead atoms. The molecule has 5 nitrogen and oxygen atoms in total. The van der Waals surface area contributed by atoms with E-state index in [0.717, 1.165) is 49.2 Å². The molecule has 24 heavy (non-hydrogen) atoms. The van der Waals surface area contributed by atoms with Crippen molar-refractivity contribution < 1.29 is 19.0 Å². The Morgan fingerprint density at radius 2 is 2.25 bits per heavy atom. The highest BCUT2D eigenvalue weighted by Gasteiger charge is 2.23. The molecule has 0 spiro atoms. The van der Waals surface area contributed by atoms with E-state index in [9.17, 15) is 4.79 Å². The van der Waals surface area contributed by atoms with Gasteiger partial charge in [-0.25, -0.2) is 0 Å². The summed E-state index contributed by atoms with van der Waals surface area (Å²) in [5.74, 6) is 1.39. The van der Waals surface area contributed by atoms with Crippen molar-refractivity contribution in [2.75, 3.05) is 6.61 Å². The van der Waals surface area contributed by atoms with E-state index >= 15 is 0 Å². The zero-order chi connectivity index (χ0) is 17.2. The second kappa shape index (κ2) is 9.82. The monoisotopic (exact) mass is 331 g/mol. The van der Waals surface area contributed by atoms with E-state index in [1.54, 1.807) is 0 Å². The zero-order valence-electron chi connectivity index (χ0n) is 14.3. The van der Waals surface area contributed by atoms with Crippen LogP contribution < -0.4 is 9.47 Å². The van der Waals surface area contributed by atoms with Crippen molar-refractivity contribution >= 4 is 5.97 Å². The molecule has 1 aromatic rings. The lowest BCUT2D eigenvalue weighted by molar-refractivity contribution is -0.165. The maximum absolute atomic E-state index is 11.5. The van der Waals surface area contributed by atoms with Crippen molar-refractivity contribution in [3.05, 3.63) is 23.8 Å². The van der Waals surface area contributed by atoms with Crippen molar-refractivity contribution in [2.24, 2.45) is 0 Å². The first-order valence-electron chi connectivity index (χ1n) is 8.71. The summed E-state index contributed by atoms with van der Waals surface area (Å²) in [5.41, 5.74) is 1.08. The van der Waals surface area contributed by atoms with Crippen molar-refractivity contribution in [1.82, 2.24) is 0 Å². The van der Waals surface area contributed by atoms with Gasteiger partial charge in [-0.15, -0.1) is 0 Å². The predicted octanol–water partition coefficient (Wildman–Crippen LogP) is 4.14. The number of carbonyl (C=O) groups excluding carboxylic acids is 1. The smallest absolute Gasteiger partial charge is 0.308 e. The molecule has 0 aromatic heterocycles. The molecule has 0 radical (unpaired) electrons. The number of hydrogen-bond acceptors (Lipinski definition) is 5. The van der Waals surface area contributed by atoms with Crippen LogP contribution in [0.1, 0.15) is 57.4 Å². The summed E-state index contributed by atoms with van der Waals surface area (Å²) >= 11 is 0. The molecule has 1 aliphatic heterocycles. The van der Waals surface area contributed by atoms with Crippen LogP contribution in [0, 0.1) is 11.3 Å². The summed E-state index contributed by atoms with van der Waals surface area (Å²) in [7, 11) is 0. The SMILES string of the molecule is CCCC(=O)OC1CCc2cc(OCCCCCC#N)ccc2O1. The highest BCUT2D eigenvalue weighted by Crippen LogP contribution is 2.31. The predicted molar refractivity (Wildman–Crippen MR) is 89.8 cm³/mol. The van der Waals surface area contributed by atoms with Gasteiger partial charge in [0.05, 0.1) is 12.7 Å². The van der Waals surface area contributed by atoms with E-state index in [0.29, 0.717) is 25.9 Å². The second-order valence-corrected chi connectivity index (χ2v) is 5.91. The number of ether oxygens (including phenoxy) is 3. The average Bonchev–Trinajstić information content (AvgIpc) is 2.58. The molecule has 0 fully saturated rings. The standard InChI is InChI=1S/C19H25NO4/c1-2-7-18(21)24-19-11-8-15-14-16(9-10-17(15)23-19)22-13-6-4-3-5-12-20/h9-10,14,19H,2-8,11,13H2,1H3. The largest absolute Gasteiger partial charge is 0.494 e. The number of rotatable bonds is 9. The quantitative estimate of drug-likeness (QED) is 0.502. The third kappa shape index (κ3) is 5.77. The van der Waals surface area contributed by atoms with Gasteiger partial charge in [0.15, 0.2) is 0 Å². The number of aryl methyl sites for hydroxylation is 1. The fourth-order valence-corrected chi connectivity index (χ4v) is 2.60. The zero-order valence-corrected chi connectivity index (χ0v) is 14.3. The first kappa shape index (κ1) is 18.1. The molecule has 0 aliphatic carbocycles. The van der Waals surface area contributed by atoms with Crippen LogP contribution in [0.2, 0.25) is 0 Å². The highest BCUT2D eigenvalue weighted by molar-refractivity contribution is 5.69. The summed E-state index contributed by atoms with van der Waals surface area (Å²) in [4.78, 5) is 11.5. The van der Waals surface area contributed by atoms with Gasteiger partial charge in [0.1, 0.15) is 11.5 Å². The summed E-state index contributed by atoms with van der Waals surface area (Å²) in [6.45, 7) is 2.60. The van der Waals surface area contributed by atoms with E-state index in [1.807, 2.05) is 25.1 Å². The number of esters is 1. The molecule has 0 saturated heterocycles. The van der Waals surface area contributed by atoms with Crippen LogP contribution >= 0.6 is 0 Å². The molecule has 130 valence electrons. The molecule has 5 heteroatoms. The second-order valence-electron chi connectivity index (χ2n) is 5.91. The minimum absolute atomic E-state index is 0.206. The Balaban J connectivity index is 1.78. The molecule has 1 unspecified atom stereocenters. The number of benzene rings is 1. The Morgan fingerprint density at radius 1 is 1.38 bits per heavy atom. The average molecular weight is 331 g/mol. The topological polar surface area (TPSA) is 68.5 Å². The fraction of sp³-hybridized carbons (Fsp3) is 0.579. The molecule has 2 rings (SSSR count). The molecular weight excluding hydrogens is 306 g/mol. The molecule has 1 atom stereocenters. The minimum atomic E-state index is -0.483. The van der Waals surface area contributed by atoms with Crippen molar-refractivity contribution in [3.63, 3.8) is 0 Å². The summed E-state index contributed by atoms with van der Waals surface area (Å²) in [6.07, 6.45) is 5.68. The Hall–Kier alpha value is -2.22. The molecule has 0 amide bonds. The van der Waals surface area contributed by atoms with Crippen LogP contribution in [0.5, 0.6) is 11.5 Å². The first-order valence-corrected chi connectivity index (χ1v) is 8.71. The van der Waals surface area contributed by atoms with E-state index < -0.39 is 6.29 Å². The number of fused-ring (bicyclic) bond motifs is 1. The van der Waals surface area contributed by atoms with Crippen LogP contribution in [0.15, 0.2) is 18.2 Å². The van der Waals surface area contributed by atoms with Gasteiger partial charge in [-0.05, 0) is 55.9 Å². The van der Waals surface area contributed by atoms with Crippen LogP contribution in [0.3, 0.4) is 0 Å². The van der Waals surface area contributed by atoms with Crippen LogP contribution in [0.25, 0.3) is 0 Å². The molecular formula is C19H25NO4. The van der Waals surface area contributed by atoms with E-state index in [-0.39, 0.29) is 5.97 Å². The van der Waals surface area contributed by atoms with Crippen LogP contribution in [-0.4, -0.2) is 18.9 Å². The number of hydrogen-bond donors (Lipinski definition) is 0. The maximum atomic E-state index is 11.5. The fourth-order valence-electron chi connectivity index (χ4n) is 2.60. The molecule has 1 aromatic carbocycles. The Bertz CT molecular complexity index is 579. The van der Waals surface area contributed by atoms with E-state index in [1.165, 1.54) is 0 Å². The van der Waals surface area contributed by atoms with Gasteiger partial charge in [0.25, 0.3) is 0 Å². The van der Waals surface area contributed by atoms with Gasteiger partial charge in [-0.2, -0.15) is 5.26 Å². The number of carbonyl (C=O) groups is 1. The van der Waals surface area contributed by atoms with Crippen molar-refractivity contribution in [1.29, 1.82) is 5.26 Å². The lowest BCUT2D eigenvalue weighted by atomic mass is 10.1. The van der Waals surface area contributed by atoms with Gasteiger partial charge in [0, 0.05) is 19.3 Å². The Kier molecular flexibility index (Phi) is 7.41. The van der Waals surface area contributed by atoms with Gasteiger partial charge in [0.2, 0.25) is 6.29 Å². The van der Waals surface area contributed by atoms with Gasteiger partial charge in [-0.3, -0.25) is 4.79 Å². The van der Waals surface area contributed by atoms with E-state index in [2.05, 4.69) is 6.07 Å². The van der Waals surface area contributed by atoms with Gasteiger partial charge in [-0.1, -0.05) is 6.92 Å². The third-order valence-electron chi connectivity index (χ3n) is 3.86.